The van der Waals surface area contributed by atoms with Gasteiger partial charge in [0, 0.05) is 0 Å². The van der Waals surface area contributed by atoms with E-state index in [9.17, 15) is 26.3 Å². The predicted molar refractivity (Wildman–Crippen MR) is 53.9 cm³/mol. The molecule has 1 rings (SSSR count). The van der Waals surface area contributed by atoms with Gasteiger partial charge in [0.1, 0.15) is 6.04 Å². The molecule has 1 atom stereocenters. The van der Waals surface area contributed by atoms with Crippen molar-refractivity contribution in [3.05, 3.63) is 35.4 Å². The number of alkyl halides is 6. The first-order valence-corrected chi connectivity index (χ1v) is 5.01. The van der Waals surface area contributed by atoms with Gasteiger partial charge in [0.2, 0.25) is 0 Å². The summed E-state index contributed by atoms with van der Waals surface area (Å²) < 4.78 is 76.3. The van der Waals surface area contributed by atoms with Crippen LogP contribution in [0.15, 0.2) is 24.3 Å². The molecule has 0 amide bonds. The van der Waals surface area contributed by atoms with Gasteiger partial charge in [-0.1, -0.05) is 18.2 Å². The van der Waals surface area contributed by atoms with Gasteiger partial charge in [-0.15, -0.1) is 0 Å². The fourth-order valence-electron chi connectivity index (χ4n) is 1.56. The second-order valence-electron chi connectivity index (χ2n) is 3.60. The summed E-state index contributed by atoms with van der Waals surface area (Å²) in [6.45, 7) is -0.712. The third-order valence-electron chi connectivity index (χ3n) is 2.29. The number of nitrogens with one attached hydrogen (secondary N) is 1. The first-order valence-electron chi connectivity index (χ1n) is 5.01. The molecule has 0 unspecified atom stereocenters. The molecule has 1 N–H and O–H groups in total. The summed E-state index contributed by atoms with van der Waals surface area (Å²) in [5.74, 6) is 0. The fourth-order valence-corrected chi connectivity index (χ4v) is 1.56. The number of benzene rings is 1. The molecular formula is C11H8F6N2. The topological polar surface area (TPSA) is 35.8 Å². The van der Waals surface area contributed by atoms with Gasteiger partial charge >= 0.3 is 12.4 Å². The van der Waals surface area contributed by atoms with Crippen LogP contribution in [0.4, 0.5) is 26.3 Å². The van der Waals surface area contributed by atoms with Gasteiger partial charge < -0.3 is 0 Å². The van der Waals surface area contributed by atoms with Gasteiger partial charge in [0.05, 0.1) is 18.2 Å². The van der Waals surface area contributed by atoms with E-state index in [1.165, 1.54) is 6.07 Å². The number of nitriles is 1. The van der Waals surface area contributed by atoms with Crippen molar-refractivity contribution in [3.8, 4) is 6.07 Å². The molecule has 1 aromatic rings. The number of rotatable bonds is 3. The molecule has 0 aliphatic rings. The third kappa shape index (κ3) is 3.86. The molecule has 0 saturated carbocycles. The molecule has 0 spiro atoms. The number of hydrogen-bond acceptors (Lipinski definition) is 2. The summed E-state index contributed by atoms with van der Waals surface area (Å²) in [7, 11) is 0. The van der Waals surface area contributed by atoms with Gasteiger partial charge in [0.25, 0.3) is 0 Å². The van der Waals surface area contributed by atoms with Crippen molar-refractivity contribution in [3.63, 3.8) is 0 Å². The lowest BCUT2D eigenvalue weighted by Crippen LogP contribution is -2.35. The first-order chi connectivity index (χ1) is 8.68. The Morgan fingerprint density at radius 1 is 1.11 bits per heavy atom. The maximum absolute atomic E-state index is 12.8. The monoisotopic (exact) mass is 282 g/mol. The number of halogens is 6. The molecule has 0 aliphatic heterocycles. The fraction of sp³-hybridized carbons (Fsp3) is 0.364. The molecule has 2 nitrogen and oxygen atoms in total. The van der Waals surface area contributed by atoms with E-state index in [-0.39, 0.29) is 0 Å². The van der Waals surface area contributed by atoms with Crippen molar-refractivity contribution in [2.75, 3.05) is 6.54 Å². The Balaban J connectivity index is 3.28. The molecule has 0 aliphatic carbocycles. The highest BCUT2D eigenvalue weighted by molar-refractivity contribution is 5.33. The molecule has 104 valence electrons. The summed E-state index contributed by atoms with van der Waals surface area (Å²) in [4.78, 5) is 0. The number of hydrogen-bond donors (Lipinski definition) is 1. The SMILES string of the molecule is N#CCN[C@@H](c1ccccc1C(F)(F)F)C(F)(F)F. The highest BCUT2D eigenvalue weighted by Gasteiger charge is 2.45. The van der Waals surface area contributed by atoms with Crippen molar-refractivity contribution in [1.29, 1.82) is 5.26 Å². The Hall–Kier alpha value is -1.75. The van der Waals surface area contributed by atoms with E-state index in [2.05, 4.69) is 0 Å². The van der Waals surface area contributed by atoms with E-state index < -0.39 is 36.1 Å². The van der Waals surface area contributed by atoms with Gasteiger partial charge in [-0.25, -0.2) is 0 Å². The molecule has 1 aromatic carbocycles. The summed E-state index contributed by atoms with van der Waals surface area (Å²) >= 11 is 0. The summed E-state index contributed by atoms with van der Waals surface area (Å²) in [5.41, 5.74) is -2.32. The van der Waals surface area contributed by atoms with E-state index in [1.807, 2.05) is 0 Å². The average molecular weight is 282 g/mol. The van der Waals surface area contributed by atoms with E-state index >= 15 is 0 Å². The Bertz CT molecular complexity index is 471. The highest BCUT2D eigenvalue weighted by Crippen LogP contribution is 2.40. The zero-order valence-corrected chi connectivity index (χ0v) is 9.31. The van der Waals surface area contributed by atoms with Crippen molar-refractivity contribution in [2.45, 2.75) is 18.4 Å². The van der Waals surface area contributed by atoms with Crippen molar-refractivity contribution in [1.82, 2.24) is 5.32 Å². The maximum atomic E-state index is 12.8. The second kappa shape index (κ2) is 5.48. The van der Waals surface area contributed by atoms with Crippen molar-refractivity contribution in [2.24, 2.45) is 0 Å². The van der Waals surface area contributed by atoms with Crippen LogP contribution in [0.2, 0.25) is 0 Å². The van der Waals surface area contributed by atoms with Crippen LogP contribution in [0.25, 0.3) is 0 Å². The van der Waals surface area contributed by atoms with E-state index in [0.29, 0.717) is 6.07 Å². The largest absolute Gasteiger partial charge is 0.416 e. The Morgan fingerprint density at radius 3 is 2.16 bits per heavy atom. The minimum absolute atomic E-state index is 0.572. The minimum Gasteiger partial charge on any atom is -0.290 e. The predicted octanol–water partition coefficient (Wildman–Crippen LogP) is 3.42. The van der Waals surface area contributed by atoms with E-state index in [0.717, 1.165) is 18.2 Å². The Morgan fingerprint density at radius 2 is 1.68 bits per heavy atom. The van der Waals surface area contributed by atoms with Gasteiger partial charge in [-0.05, 0) is 11.6 Å². The van der Waals surface area contributed by atoms with Crippen LogP contribution in [-0.2, 0) is 6.18 Å². The quantitative estimate of drug-likeness (QED) is 0.681. The third-order valence-corrected chi connectivity index (χ3v) is 2.29. The minimum atomic E-state index is -4.93. The molecule has 0 aromatic heterocycles. The van der Waals surface area contributed by atoms with Crippen LogP contribution < -0.4 is 5.32 Å². The first kappa shape index (κ1) is 15.3. The van der Waals surface area contributed by atoms with Crippen LogP contribution in [0.1, 0.15) is 17.2 Å². The van der Waals surface area contributed by atoms with Crippen LogP contribution >= 0.6 is 0 Å². The van der Waals surface area contributed by atoms with E-state index in [1.54, 1.807) is 5.32 Å². The normalized spacial score (nSPS) is 13.9. The lowest BCUT2D eigenvalue weighted by atomic mass is 9.99. The lowest BCUT2D eigenvalue weighted by molar-refractivity contribution is -0.162. The van der Waals surface area contributed by atoms with Gasteiger partial charge in [0.15, 0.2) is 0 Å². The van der Waals surface area contributed by atoms with E-state index in [4.69, 9.17) is 5.26 Å². The van der Waals surface area contributed by atoms with Crippen LogP contribution in [0.5, 0.6) is 0 Å². The second-order valence-corrected chi connectivity index (χ2v) is 3.60. The van der Waals surface area contributed by atoms with Crippen LogP contribution in [0.3, 0.4) is 0 Å². The van der Waals surface area contributed by atoms with Crippen molar-refractivity contribution < 1.29 is 26.3 Å². The standard InChI is InChI=1S/C11H8F6N2/c12-10(13,14)8-4-2-1-3-7(8)9(11(15,16)17)19-6-5-18/h1-4,9,19H,6H2/t9-/m0/s1. The highest BCUT2D eigenvalue weighted by atomic mass is 19.4. The maximum Gasteiger partial charge on any atom is 0.416 e. The van der Waals surface area contributed by atoms with Gasteiger partial charge in [-0.2, -0.15) is 31.6 Å². The molecule has 8 heteroatoms. The molecule has 0 saturated heterocycles. The summed E-state index contributed by atoms with van der Waals surface area (Å²) in [6.07, 6.45) is -9.83. The summed E-state index contributed by atoms with van der Waals surface area (Å²) in [5, 5.41) is 10.0. The molecule has 0 bridgehead atoms. The number of nitrogens with zero attached hydrogens (tertiary/aromatic N) is 1. The molecule has 0 heterocycles. The molecular weight excluding hydrogens is 274 g/mol. The zero-order valence-electron chi connectivity index (χ0n) is 9.31. The average Bonchev–Trinajstić information content (AvgIpc) is 2.27. The molecule has 0 fully saturated rings. The Labute approximate surface area is 104 Å². The molecule has 19 heavy (non-hydrogen) atoms. The zero-order chi connectivity index (χ0) is 14.7. The Kier molecular flexibility index (Phi) is 4.42. The van der Waals surface area contributed by atoms with Crippen LogP contribution in [0, 0.1) is 11.3 Å². The summed E-state index contributed by atoms with van der Waals surface area (Å²) in [6, 6.07) is 2.27. The van der Waals surface area contributed by atoms with Crippen LogP contribution in [-0.4, -0.2) is 12.7 Å². The van der Waals surface area contributed by atoms with Crippen molar-refractivity contribution >= 4 is 0 Å². The molecule has 0 radical (unpaired) electrons. The smallest absolute Gasteiger partial charge is 0.290 e. The lowest BCUT2D eigenvalue weighted by Gasteiger charge is -2.24. The van der Waals surface area contributed by atoms with Gasteiger partial charge in [-0.3, -0.25) is 5.32 Å².